The molecule has 2 heterocycles. The molecule has 0 atom stereocenters. The zero-order valence-electron chi connectivity index (χ0n) is 19.3. The maximum absolute atomic E-state index is 13.2. The number of carboxylic acids is 1. The third kappa shape index (κ3) is 3.98. The molecule has 0 bridgehead atoms. The molecule has 8 heteroatoms. The lowest BCUT2D eigenvalue weighted by molar-refractivity contribution is 0.0697. The van der Waals surface area contributed by atoms with Crippen molar-refractivity contribution in [3.63, 3.8) is 0 Å². The number of rotatable bonds is 5. The molecule has 0 spiro atoms. The summed E-state index contributed by atoms with van der Waals surface area (Å²) in [4.78, 5) is 39.4. The number of carbonyl (C=O) groups is 1. The highest BCUT2D eigenvalue weighted by Crippen LogP contribution is 2.18. The van der Waals surface area contributed by atoms with E-state index in [1.54, 1.807) is 38.3 Å². The number of aromatic carboxylic acids is 1. The van der Waals surface area contributed by atoms with Crippen molar-refractivity contribution in [2.45, 2.75) is 6.92 Å². The van der Waals surface area contributed by atoms with Crippen LogP contribution in [0.25, 0.3) is 28.9 Å². The average molecular weight is 457 g/mol. The summed E-state index contributed by atoms with van der Waals surface area (Å²) in [7, 11) is 5.54. The van der Waals surface area contributed by atoms with Gasteiger partial charge in [-0.25, -0.2) is 9.48 Å². The molecule has 4 aromatic rings. The highest BCUT2D eigenvalue weighted by atomic mass is 16.4. The summed E-state index contributed by atoms with van der Waals surface area (Å²) in [6.45, 7) is 1.73. The minimum Gasteiger partial charge on any atom is -0.478 e. The van der Waals surface area contributed by atoms with E-state index in [0.29, 0.717) is 27.8 Å². The van der Waals surface area contributed by atoms with Gasteiger partial charge in [0.05, 0.1) is 22.2 Å². The Morgan fingerprint density at radius 2 is 1.65 bits per heavy atom. The highest BCUT2D eigenvalue weighted by molar-refractivity contribution is 5.88. The second-order valence-electron chi connectivity index (χ2n) is 8.17. The van der Waals surface area contributed by atoms with E-state index in [0.717, 1.165) is 11.3 Å². The number of anilines is 1. The molecule has 4 rings (SSSR count). The molecule has 2 aromatic carbocycles. The number of carboxylic acid groups (broad SMARTS) is 1. The second kappa shape index (κ2) is 8.77. The van der Waals surface area contributed by atoms with Gasteiger partial charge < -0.3 is 10.0 Å². The van der Waals surface area contributed by atoms with Gasteiger partial charge >= 0.3 is 5.97 Å². The number of H-pyrrole nitrogens is 1. The van der Waals surface area contributed by atoms with Crippen LogP contribution in [0, 0.1) is 6.92 Å². The molecule has 0 saturated heterocycles. The van der Waals surface area contributed by atoms with E-state index in [4.69, 9.17) is 5.11 Å². The van der Waals surface area contributed by atoms with Gasteiger partial charge in [0.1, 0.15) is 5.65 Å². The van der Waals surface area contributed by atoms with E-state index in [-0.39, 0.29) is 16.7 Å². The number of hydrogen-bond acceptors (Lipinski definition) is 4. The Kier molecular flexibility index (Phi) is 5.84. The molecular formula is C26H24N4O4. The van der Waals surface area contributed by atoms with E-state index in [1.807, 2.05) is 43.3 Å². The topological polar surface area (TPSA) is 100 Å². The number of nitrogens with one attached hydrogen (secondary N) is 1. The average Bonchev–Trinajstić information content (AvgIpc) is 3.17. The first kappa shape index (κ1) is 22.6. The molecule has 0 radical (unpaired) electrons. The third-order valence-corrected chi connectivity index (χ3v) is 5.78. The number of hydrogen-bond donors (Lipinski definition) is 2. The number of fused-ring (bicyclic) bond motifs is 1. The fourth-order valence-corrected chi connectivity index (χ4v) is 3.78. The van der Waals surface area contributed by atoms with E-state index >= 15 is 0 Å². The lowest BCUT2D eigenvalue weighted by atomic mass is 10.1. The molecular weight excluding hydrogens is 432 g/mol. The Hall–Kier alpha value is -4.55. The van der Waals surface area contributed by atoms with Crippen LogP contribution in [-0.2, 0) is 7.05 Å². The number of pyridine rings is 1. The first-order valence-electron chi connectivity index (χ1n) is 10.6. The highest BCUT2D eigenvalue weighted by Gasteiger charge is 2.18. The van der Waals surface area contributed by atoms with Gasteiger partial charge in [-0.2, -0.15) is 0 Å². The van der Waals surface area contributed by atoms with Crippen molar-refractivity contribution in [3.8, 4) is 5.69 Å². The zero-order chi connectivity index (χ0) is 24.6. The fourth-order valence-electron chi connectivity index (χ4n) is 3.78. The molecule has 8 nitrogen and oxygen atoms in total. The quantitative estimate of drug-likeness (QED) is 0.448. The van der Waals surface area contributed by atoms with Crippen molar-refractivity contribution in [3.05, 3.63) is 97.2 Å². The number of nitrogens with zero attached hydrogens (tertiary/aromatic N) is 3. The standard InChI is InChI=1S/C26H24N4O4/c1-16-21(7-5-6-17-8-12-19(13-9-17)28(2)3)24(31)29(4)23-22(16)25(32)30(27-23)20-14-10-18(11-15-20)26(33)34/h6-15,27H,1-4H3,(H,33,34). The summed E-state index contributed by atoms with van der Waals surface area (Å²) < 4.78 is 2.70. The normalized spacial score (nSPS) is 10.7. The van der Waals surface area contributed by atoms with Crippen LogP contribution in [0.1, 0.15) is 27.0 Å². The van der Waals surface area contributed by atoms with Crippen LogP contribution in [0.4, 0.5) is 5.69 Å². The minimum atomic E-state index is -1.05. The van der Waals surface area contributed by atoms with Crippen molar-refractivity contribution in [1.82, 2.24) is 14.3 Å². The number of aromatic amines is 1. The third-order valence-electron chi connectivity index (χ3n) is 5.78. The van der Waals surface area contributed by atoms with Crippen LogP contribution in [0.5, 0.6) is 0 Å². The predicted molar refractivity (Wildman–Crippen MR) is 134 cm³/mol. The SMILES string of the molecule is Cc1c(C=C=Cc2ccc(N(C)C)cc2)c(=O)n(C)c2[nH]n(-c3ccc(C(=O)O)cc3)c(=O)c12. The van der Waals surface area contributed by atoms with Crippen molar-refractivity contribution in [1.29, 1.82) is 0 Å². The number of aromatic nitrogens is 3. The molecule has 0 fully saturated rings. The summed E-state index contributed by atoms with van der Waals surface area (Å²) >= 11 is 0. The van der Waals surface area contributed by atoms with Gasteiger partial charge in [0.2, 0.25) is 0 Å². The molecule has 0 amide bonds. The van der Waals surface area contributed by atoms with Crippen LogP contribution in [-0.4, -0.2) is 39.5 Å². The van der Waals surface area contributed by atoms with Crippen LogP contribution in [0.3, 0.4) is 0 Å². The molecule has 0 unspecified atom stereocenters. The summed E-state index contributed by atoms with van der Waals surface area (Å²) in [6, 6.07) is 13.8. The van der Waals surface area contributed by atoms with E-state index in [2.05, 4.69) is 10.8 Å². The molecule has 0 aliphatic carbocycles. The van der Waals surface area contributed by atoms with Gasteiger partial charge in [0.15, 0.2) is 0 Å². The molecule has 0 aliphatic heterocycles. The van der Waals surface area contributed by atoms with Gasteiger partial charge in [0, 0.05) is 26.8 Å². The van der Waals surface area contributed by atoms with Crippen molar-refractivity contribution >= 4 is 34.8 Å². The monoisotopic (exact) mass is 456 g/mol. The molecule has 2 aromatic heterocycles. The van der Waals surface area contributed by atoms with Crippen LogP contribution in [0.15, 0.2) is 63.9 Å². The smallest absolute Gasteiger partial charge is 0.335 e. The molecule has 172 valence electrons. The van der Waals surface area contributed by atoms with Crippen LogP contribution >= 0.6 is 0 Å². The molecule has 0 saturated carbocycles. The van der Waals surface area contributed by atoms with E-state index in [1.165, 1.54) is 21.4 Å². The summed E-state index contributed by atoms with van der Waals surface area (Å²) in [5.74, 6) is -1.05. The van der Waals surface area contributed by atoms with E-state index in [9.17, 15) is 14.4 Å². The lowest BCUT2D eigenvalue weighted by Crippen LogP contribution is -2.22. The van der Waals surface area contributed by atoms with Gasteiger partial charge in [-0.05, 0) is 66.6 Å². The molecule has 0 aliphatic rings. The zero-order valence-corrected chi connectivity index (χ0v) is 19.3. The Balaban J connectivity index is 1.79. The minimum absolute atomic E-state index is 0.118. The van der Waals surface area contributed by atoms with Crippen molar-refractivity contribution in [2.75, 3.05) is 19.0 Å². The maximum Gasteiger partial charge on any atom is 0.335 e. The van der Waals surface area contributed by atoms with Gasteiger partial charge in [-0.15, -0.1) is 5.73 Å². The number of benzene rings is 2. The summed E-state index contributed by atoms with van der Waals surface area (Å²) in [6.07, 6.45) is 3.37. The first-order valence-corrected chi connectivity index (χ1v) is 10.6. The fraction of sp³-hybridized carbons (Fsp3) is 0.154. The van der Waals surface area contributed by atoms with Gasteiger partial charge in [-0.1, -0.05) is 12.1 Å². The number of aryl methyl sites for hydroxylation is 2. The Labute approximate surface area is 195 Å². The van der Waals surface area contributed by atoms with Crippen molar-refractivity contribution in [2.24, 2.45) is 7.05 Å². The lowest BCUT2D eigenvalue weighted by Gasteiger charge is -2.11. The van der Waals surface area contributed by atoms with Crippen LogP contribution in [0.2, 0.25) is 0 Å². The molecule has 34 heavy (non-hydrogen) atoms. The van der Waals surface area contributed by atoms with E-state index < -0.39 is 5.97 Å². The van der Waals surface area contributed by atoms with Gasteiger partial charge in [-0.3, -0.25) is 19.3 Å². The first-order chi connectivity index (χ1) is 16.2. The summed E-state index contributed by atoms with van der Waals surface area (Å²) in [5.41, 5.74) is 6.38. The summed E-state index contributed by atoms with van der Waals surface area (Å²) in [5, 5.41) is 12.5. The van der Waals surface area contributed by atoms with Crippen molar-refractivity contribution < 1.29 is 9.90 Å². The van der Waals surface area contributed by atoms with Gasteiger partial charge in [0.25, 0.3) is 11.1 Å². The Morgan fingerprint density at radius 3 is 2.24 bits per heavy atom. The van der Waals surface area contributed by atoms with Crippen LogP contribution < -0.4 is 16.0 Å². The Bertz CT molecular complexity index is 1580. The molecule has 2 N–H and O–H groups in total. The predicted octanol–water partition coefficient (Wildman–Crippen LogP) is 3.42. The maximum atomic E-state index is 13.2. The second-order valence-corrected chi connectivity index (χ2v) is 8.17. The largest absolute Gasteiger partial charge is 0.478 e. The Morgan fingerprint density at radius 1 is 1.00 bits per heavy atom.